The van der Waals surface area contributed by atoms with E-state index in [1.807, 2.05) is 31.2 Å². The zero-order chi connectivity index (χ0) is 21.6. The van der Waals surface area contributed by atoms with E-state index >= 15 is 0 Å². The molecule has 0 aliphatic carbocycles. The van der Waals surface area contributed by atoms with Crippen molar-refractivity contribution in [2.24, 2.45) is 0 Å². The summed E-state index contributed by atoms with van der Waals surface area (Å²) in [5.74, 6) is -0.140. The van der Waals surface area contributed by atoms with Gasteiger partial charge in [-0.05, 0) is 42.8 Å². The van der Waals surface area contributed by atoms with E-state index in [2.05, 4.69) is 4.98 Å². The van der Waals surface area contributed by atoms with Crippen LogP contribution in [0.15, 0.2) is 84.0 Å². The van der Waals surface area contributed by atoms with Crippen LogP contribution in [0, 0.1) is 6.92 Å². The number of carbonyl (C=O) groups excluding carboxylic acids is 1. The molecule has 0 bridgehead atoms. The fourth-order valence-electron chi connectivity index (χ4n) is 3.06. The fraction of sp³-hybridized carbons (Fsp3) is 0.217. The predicted octanol–water partition coefficient (Wildman–Crippen LogP) is 3.63. The normalized spacial score (nSPS) is 11.1. The highest BCUT2D eigenvalue weighted by atomic mass is 32.2. The summed E-state index contributed by atoms with van der Waals surface area (Å²) in [6.45, 7) is 2.41. The second-order valence-corrected chi connectivity index (χ2v) is 8.95. The molecule has 2 aromatic carbocycles. The molecule has 0 saturated heterocycles. The van der Waals surface area contributed by atoms with E-state index in [4.69, 9.17) is 0 Å². The van der Waals surface area contributed by atoms with Gasteiger partial charge in [-0.2, -0.15) is 0 Å². The number of amides is 1. The van der Waals surface area contributed by atoms with Gasteiger partial charge in [-0.15, -0.1) is 0 Å². The largest absolute Gasteiger partial charge is 0.341 e. The third kappa shape index (κ3) is 5.24. The molecule has 0 aliphatic heterocycles. The average molecular weight is 424 g/mol. The monoisotopic (exact) mass is 423 g/mol. The SMILES string of the molecule is Cc1ccc(N(CCC(=O)N(C)Cc2cccnc2)S(=O)(=O)c2ccccc2)cc1. The molecule has 0 atom stereocenters. The maximum Gasteiger partial charge on any atom is 0.264 e. The van der Waals surface area contributed by atoms with Gasteiger partial charge in [-0.1, -0.05) is 42.0 Å². The molecule has 1 aromatic heterocycles. The Morgan fingerprint density at radius 2 is 1.67 bits per heavy atom. The van der Waals surface area contributed by atoms with E-state index in [9.17, 15) is 13.2 Å². The van der Waals surface area contributed by atoms with Gasteiger partial charge in [0.15, 0.2) is 0 Å². The summed E-state index contributed by atoms with van der Waals surface area (Å²) in [6.07, 6.45) is 3.46. The Bertz CT molecular complexity index is 1070. The van der Waals surface area contributed by atoms with Crippen LogP contribution in [0.1, 0.15) is 17.5 Å². The van der Waals surface area contributed by atoms with E-state index in [1.165, 1.54) is 4.31 Å². The number of aromatic nitrogens is 1. The predicted molar refractivity (Wildman–Crippen MR) is 117 cm³/mol. The summed E-state index contributed by atoms with van der Waals surface area (Å²) in [5.41, 5.74) is 2.48. The summed E-state index contributed by atoms with van der Waals surface area (Å²) in [6, 6.07) is 19.2. The lowest BCUT2D eigenvalue weighted by Crippen LogP contribution is -2.36. The minimum Gasteiger partial charge on any atom is -0.341 e. The molecule has 30 heavy (non-hydrogen) atoms. The maximum absolute atomic E-state index is 13.3. The highest BCUT2D eigenvalue weighted by Gasteiger charge is 2.26. The number of benzene rings is 2. The molecule has 0 N–H and O–H groups in total. The molecule has 1 amide bonds. The van der Waals surface area contributed by atoms with Gasteiger partial charge in [0.1, 0.15) is 0 Å². The third-order valence-corrected chi connectivity index (χ3v) is 6.59. The lowest BCUT2D eigenvalue weighted by molar-refractivity contribution is -0.130. The molecule has 3 rings (SSSR count). The van der Waals surface area contributed by atoms with Crippen LogP contribution in [0.4, 0.5) is 5.69 Å². The lowest BCUT2D eigenvalue weighted by atomic mass is 10.2. The van der Waals surface area contributed by atoms with Crippen molar-refractivity contribution in [1.29, 1.82) is 0 Å². The van der Waals surface area contributed by atoms with Gasteiger partial charge < -0.3 is 4.90 Å². The Labute approximate surface area is 177 Å². The summed E-state index contributed by atoms with van der Waals surface area (Å²) >= 11 is 0. The van der Waals surface area contributed by atoms with Gasteiger partial charge in [0.2, 0.25) is 5.91 Å². The highest BCUT2D eigenvalue weighted by molar-refractivity contribution is 7.92. The average Bonchev–Trinajstić information content (AvgIpc) is 2.76. The summed E-state index contributed by atoms with van der Waals surface area (Å²) in [4.78, 5) is 18.5. The van der Waals surface area contributed by atoms with Crippen LogP contribution in [-0.2, 0) is 21.4 Å². The van der Waals surface area contributed by atoms with Crippen LogP contribution < -0.4 is 4.31 Å². The second kappa shape index (κ2) is 9.54. The first-order valence-corrected chi connectivity index (χ1v) is 11.1. The van der Waals surface area contributed by atoms with E-state index in [0.29, 0.717) is 12.2 Å². The smallest absolute Gasteiger partial charge is 0.264 e. The number of pyridine rings is 1. The molecule has 0 saturated carbocycles. The van der Waals surface area contributed by atoms with E-state index in [0.717, 1.165) is 11.1 Å². The van der Waals surface area contributed by atoms with E-state index < -0.39 is 10.0 Å². The number of nitrogens with zero attached hydrogens (tertiary/aromatic N) is 3. The van der Waals surface area contributed by atoms with Crippen molar-refractivity contribution in [2.45, 2.75) is 24.8 Å². The molecule has 156 valence electrons. The van der Waals surface area contributed by atoms with Gasteiger partial charge in [0, 0.05) is 39.0 Å². The number of aryl methyl sites for hydroxylation is 1. The van der Waals surface area contributed by atoms with Crippen LogP contribution >= 0.6 is 0 Å². The number of carbonyl (C=O) groups is 1. The Morgan fingerprint density at radius 1 is 0.967 bits per heavy atom. The highest BCUT2D eigenvalue weighted by Crippen LogP contribution is 2.24. The molecule has 0 aliphatic rings. The summed E-state index contributed by atoms with van der Waals surface area (Å²) < 4.78 is 27.9. The molecule has 1 heterocycles. The second-order valence-electron chi connectivity index (χ2n) is 7.09. The standard InChI is InChI=1S/C23H25N3O3S/c1-19-10-12-21(13-11-19)26(30(28,29)22-8-4-3-5-9-22)16-14-23(27)25(2)18-20-7-6-15-24-17-20/h3-13,15,17H,14,16,18H2,1-2H3. The Morgan fingerprint density at radius 3 is 2.30 bits per heavy atom. The molecule has 6 nitrogen and oxygen atoms in total. The van der Waals surface area contributed by atoms with Gasteiger partial charge >= 0.3 is 0 Å². The zero-order valence-electron chi connectivity index (χ0n) is 17.1. The summed E-state index contributed by atoms with van der Waals surface area (Å²) in [5, 5.41) is 0. The molecular weight excluding hydrogens is 398 g/mol. The first-order chi connectivity index (χ1) is 14.4. The molecular formula is C23H25N3O3S. The topological polar surface area (TPSA) is 70.6 Å². The van der Waals surface area contributed by atoms with Crippen molar-refractivity contribution in [3.8, 4) is 0 Å². The van der Waals surface area contributed by atoms with Gasteiger partial charge in [0.25, 0.3) is 10.0 Å². The molecule has 7 heteroatoms. The van der Waals surface area contributed by atoms with Gasteiger partial charge in [-0.25, -0.2) is 8.42 Å². The minimum absolute atomic E-state index is 0.0521. The van der Waals surface area contributed by atoms with Crippen LogP contribution in [0.2, 0.25) is 0 Å². The quantitative estimate of drug-likeness (QED) is 0.555. The minimum atomic E-state index is -3.79. The van der Waals surface area contributed by atoms with Crippen molar-refractivity contribution in [3.05, 3.63) is 90.3 Å². The van der Waals surface area contributed by atoms with Crippen LogP contribution in [0.3, 0.4) is 0 Å². The number of hydrogen-bond acceptors (Lipinski definition) is 4. The molecule has 0 radical (unpaired) electrons. The van der Waals surface area contributed by atoms with Crippen molar-refractivity contribution in [2.75, 3.05) is 17.9 Å². The van der Waals surface area contributed by atoms with Crippen LogP contribution in [-0.4, -0.2) is 37.8 Å². The van der Waals surface area contributed by atoms with E-state index in [-0.39, 0.29) is 23.8 Å². The Hall–Kier alpha value is -3.19. The summed E-state index contributed by atoms with van der Waals surface area (Å²) in [7, 11) is -2.09. The van der Waals surface area contributed by atoms with Crippen molar-refractivity contribution < 1.29 is 13.2 Å². The van der Waals surface area contributed by atoms with Crippen LogP contribution in [0.5, 0.6) is 0 Å². The molecule has 0 unspecified atom stereocenters. The maximum atomic E-state index is 13.3. The third-order valence-electron chi connectivity index (χ3n) is 4.75. The van der Waals surface area contributed by atoms with Crippen LogP contribution in [0.25, 0.3) is 0 Å². The molecule has 3 aromatic rings. The first-order valence-electron chi connectivity index (χ1n) is 9.65. The fourth-order valence-corrected chi connectivity index (χ4v) is 4.55. The van der Waals surface area contributed by atoms with E-state index in [1.54, 1.807) is 66.8 Å². The van der Waals surface area contributed by atoms with Crippen molar-refractivity contribution in [3.63, 3.8) is 0 Å². The number of hydrogen-bond donors (Lipinski definition) is 0. The zero-order valence-corrected chi connectivity index (χ0v) is 17.9. The number of rotatable bonds is 8. The number of sulfonamides is 1. The molecule has 0 fully saturated rings. The lowest BCUT2D eigenvalue weighted by Gasteiger charge is -2.26. The molecule has 0 spiro atoms. The number of anilines is 1. The van der Waals surface area contributed by atoms with Gasteiger partial charge in [0.05, 0.1) is 10.6 Å². The van der Waals surface area contributed by atoms with Gasteiger partial charge in [-0.3, -0.25) is 14.1 Å². The first kappa shape index (κ1) is 21.5. The Balaban J connectivity index is 1.79. The Kier molecular flexibility index (Phi) is 6.84. The van der Waals surface area contributed by atoms with Crippen molar-refractivity contribution >= 4 is 21.6 Å². The van der Waals surface area contributed by atoms with Crippen molar-refractivity contribution in [1.82, 2.24) is 9.88 Å².